The van der Waals surface area contributed by atoms with Crippen LogP contribution in [0, 0.1) is 6.92 Å². The van der Waals surface area contributed by atoms with E-state index in [-0.39, 0.29) is 22.6 Å². The molecule has 4 nitrogen and oxygen atoms in total. The van der Waals surface area contributed by atoms with Crippen LogP contribution in [-0.2, 0) is 14.8 Å². The van der Waals surface area contributed by atoms with E-state index in [9.17, 15) is 8.42 Å². The maximum absolute atomic E-state index is 12.2. The molecule has 2 rings (SSSR count). The van der Waals surface area contributed by atoms with E-state index in [1.807, 2.05) is 6.92 Å². The first kappa shape index (κ1) is 15.3. The average Bonchev–Trinajstić information content (AvgIpc) is 2.84. The van der Waals surface area contributed by atoms with Crippen LogP contribution in [0.2, 0.25) is 5.02 Å². The molecule has 1 aliphatic rings. The fourth-order valence-electron chi connectivity index (χ4n) is 1.92. The molecule has 0 bridgehead atoms. The molecule has 106 valence electrons. The van der Waals surface area contributed by atoms with Gasteiger partial charge < -0.3 is 4.74 Å². The van der Waals surface area contributed by atoms with Crippen LogP contribution < -0.4 is 4.72 Å². The Kier molecular flexibility index (Phi) is 4.89. The lowest BCUT2D eigenvalue weighted by molar-refractivity contribution is 0.114. The Morgan fingerprint density at radius 1 is 1.53 bits per heavy atom. The van der Waals surface area contributed by atoms with E-state index in [1.54, 1.807) is 12.1 Å². The minimum atomic E-state index is -3.60. The molecule has 19 heavy (non-hydrogen) atoms. The van der Waals surface area contributed by atoms with Crippen LogP contribution in [0.15, 0.2) is 21.5 Å². The molecule has 1 aromatic carbocycles. The summed E-state index contributed by atoms with van der Waals surface area (Å²) >= 11 is 9.32. The van der Waals surface area contributed by atoms with Crippen molar-refractivity contribution in [3.63, 3.8) is 0 Å². The molecule has 1 N–H and O–H groups in total. The summed E-state index contributed by atoms with van der Waals surface area (Å²) in [7, 11) is -3.60. The minimum Gasteiger partial charge on any atom is -0.377 e. The number of halogens is 2. The molecule has 1 atom stereocenters. The number of rotatable bonds is 4. The summed E-state index contributed by atoms with van der Waals surface area (Å²) in [6.07, 6.45) is 1.82. The molecule has 1 aliphatic heterocycles. The molecular weight excluding hydrogens is 354 g/mol. The maximum atomic E-state index is 12.2. The SMILES string of the molecule is Cc1cc(S(=O)(=O)NCC2CCCO2)c(Cl)cc1Br. The number of aryl methyl sites for hydroxylation is 1. The topological polar surface area (TPSA) is 55.4 Å². The molecule has 1 heterocycles. The van der Waals surface area contributed by atoms with Gasteiger partial charge in [0.2, 0.25) is 10.0 Å². The third-order valence-electron chi connectivity index (χ3n) is 3.03. The van der Waals surface area contributed by atoms with Crippen LogP contribution in [0.4, 0.5) is 0 Å². The van der Waals surface area contributed by atoms with E-state index < -0.39 is 10.0 Å². The molecule has 0 saturated carbocycles. The van der Waals surface area contributed by atoms with Crippen molar-refractivity contribution in [2.45, 2.75) is 30.8 Å². The van der Waals surface area contributed by atoms with Gasteiger partial charge in [0.05, 0.1) is 11.1 Å². The molecule has 0 radical (unpaired) electrons. The Morgan fingerprint density at radius 3 is 2.89 bits per heavy atom. The quantitative estimate of drug-likeness (QED) is 0.889. The molecule has 0 aromatic heterocycles. The van der Waals surface area contributed by atoms with Crippen molar-refractivity contribution < 1.29 is 13.2 Å². The van der Waals surface area contributed by atoms with Gasteiger partial charge in [-0.05, 0) is 37.5 Å². The van der Waals surface area contributed by atoms with E-state index in [1.165, 1.54) is 0 Å². The fourth-order valence-corrected chi connectivity index (χ4v) is 4.07. The second-order valence-electron chi connectivity index (χ2n) is 4.52. The van der Waals surface area contributed by atoms with Gasteiger partial charge in [0.25, 0.3) is 0 Å². The van der Waals surface area contributed by atoms with Gasteiger partial charge in [-0.25, -0.2) is 13.1 Å². The molecule has 1 saturated heterocycles. The van der Waals surface area contributed by atoms with Crippen LogP contribution in [0.25, 0.3) is 0 Å². The molecule has 1 unspecified atom stereocenters. The smallest absolute Gasteiger partial charge is 0.242 e. The van der Waals surface area contributed by atoms with Gasteiger partial charge in [-0.1, -0.05) is 27.5 Å². The molecule has 1 fully saturated rings. The second-order valence-corrected chi connectivity index (χ2v) is 7.52. The van der Waals surface area contributed by atoms with Gasteiger partial charge in [-0.15, -0.1) is 0 Å². The van der Waals surface area contributed by atoms with Gasteiger partial charge in [-0.3, -0.25) is 0 Å². The van der Waals surface area contributed by atoms with E-state index >= 15 is 0 Å². The Hall–Kier alpha value is -0.140. The number of hydrogen-bond donors (Lipinski definition) is 1. The zero-order chi connectivity index (χ0) is 14.0. The van der Waals surface area contributed by atoms with E-state index in [4.69, 9.17) is 16.3 Å². The Labute approximate surface area is 126 Å². The molecule has 7 heteroatoms. The summed E-state index contributed by atoms with van der Waals surface area (Å²) in [5, 5.41) is 0.206. The maximum Gasteiger partial charge on any atom is 0.242 e. The zero-order valence-corrected chi connectivity index (χ0v) is 13.6. The first-order valence-corrected chi connectivity index (χ1v) is 8.62. The molecular formula is C12H15BrClNO3S. The Balaban J connectivity index is 2.16. The lowest BCUT2D eigenvalue weighted by Gasteiger charge is -2.13. The second kappa shape index (κ2) is 6.10. The van der Waals surface area contributed by atoms with Crippen LogP contribution >= 0.6 is 27.5 Å². The Bertz CT molecular complexity index is 571. The first-order chi connectivity index (χ1) is 8.90. The fraction of sp³-hybridized carbons (Fsp3) is 0.500. The summed E-state index contributed by atoms with van der Waals surface area (Å²) in [5.41, 5.74) is 0.821. The summed E-state index contributed by atoms with van der Waals surface area (Å²) in [6.45, 7) is 2.80. The van der Waals surface area contributed by atoms with Crippen molar-refractivity contribution in [1.82, 2.24) is 4.72 Å². The highest BCUT2D eigenvalue weighted by Gasteiger charge is 2.22. The van der Waals surface area contributed by atoms with Gasteiger partial charge in [0.15, 0.2) is 0 Å². The highest BCUT2D eigenvalue weighted by Crippen LogP contribution is 2.28. The molecule has 0 spiro atoms. The first-order valence-electron chi connectivity index (χ1n) is 5.97. The highest BCUT2D eigenvalue weighted by molar-refractivity contribution is 9.10. The van der Waals surface area contributed by atoms with E-state index in [0.29, 0.717) is 6.61 Å². The van der Waals surface area contributed by atoms with Crippen molar-refractivity contribution >= 4 is 37.6 Å². The minimum absolute atomic E-state index is 0.0369. The number of benzene rings is 1. The zero-order valence-electron chi connectivity index (χ0n) is 10.4. The van der Waals surface area contributed by atoms with Crippen molar-refractivity contribution in [1.29, 1.82) is 0 Å². The van der Waals surface area contributed by atoms with Gasteiger partial charge in [-0.2, -0.15) is 0 Å². The number of ether oxygens (including phenoxy) is 1. The predicted octanol–water partition coefficient (Wildman–Crippen LogP) is 2.87. The van der Waals surface area contributed by atoms with E-state index in [2.05, 4.69) is 20.7 Å². The van der Waals surface area contributed by atoms with Gasteiger partial charge in [0, 0.05) is 17.6 Å². The third-order valence-corrected chi connectivity index (χ3v) is 5.77. The van der Waals surface area contributed by atoms with Crippen LogP contribution in [0.1, 0.15) is 18.4 Å². The van der Waals surface area contributed by atoms with Gasteiger partial charge in [0.1, 0.15) is 4.90 Å². The lowest BCUT2D eigenvalue weighted by atomic mass is 10.2. The van der Waals surface area contributed by atoms with Crippen molar-refractivity contribution in [2.75, 3.05) is 13.2 Å². The average molecular weight is 369 g/mol. The standard InChI is InChI=1S/C12H15BrClNO3S/c1-8-5-12(11(14)6-10(8)13)19(16,17)15-7-9-3-2-4-18-9/h5-6,9,15H,2-4,7H2,1H3. The Morgan fingerprint density at radius 2 is 2.26 bits per heavy atom. The molecule has 0 aliphatic carbocycles. The molecule has 1 aromatic rings. The molecule has 0 amide bonds. The van der Waals surface area contributed by atoms with Crippen LogP contribution in [0.5, 0.6) is 0 Å². The number of sulfonamides is 1. The summed E-state index contributed by atoms with van der Waals surface area (Å²) in [4.78, 5) is 0.105. The lowest BCUT2D eigenvalue weighted by Crippen LogP contribution is -2.32. The number of nitrogens with one attached hydrogen (secondary N) is 1. The van der Waals surface area contributed by atoms with Crippen molar-refractivity contribution in [3.05, 3.63) is 27.2 Å². The van der Waals surface area contributed by atoms with Crippen LogP contribution in [-0.4, -0.2) is 27.7 Å². The van der Waals surface area contributed by atoms with Crippen LogP contribution in [0.3, 0.4) is 0 Å². The highest BCUT2D eigenvalue weighted by atomic mass is 79.9. The predicted molar refractivity (Wildman–Crippen MR) is 78.1 cm³/mol. The summed E-state index contributed by atoms with van der Waals surface area (Å²) in [5.74, 6) is 0. The largest absolute Gasteiger partial charge is 0.377 e. The van der Waals surface area contributed by atoms with Gasteiger partial charge >= 0.3 is 0 Å². The monoisotopic (exact) mass is 367 g/mol. The summed E-state index contributed by atoms with van der Waals surface area (Å²) < 4.78 is 33.1. The number of hydrogen-bond acceptors (Lipinski definition) is 3. The van der Waals surface area contributed by atoms with E-state index in [0.717, 1.165) is 22.9 Å². The summed E-state index contributed by atoms with van der Waals surface area (Å²) in [6, 6.07) is 3.15. The third kappa shape index (κ3) is 3.70. The normalized spacial score (nSPS) is 19.8. The van der Waals surface area contributed by atoms with Crippen molar-refractivity contribution in [2.24, 2.45) is 0 Å². The van der Waals surface area contributed by atoms with Crippen molar-refractivity contribution in [3.8, 4) is 0 Å².